The van der Waals surface area contributed by atoms with E-state index >= 15 is 0 Å². The second kappa shape index (κ2) is 7.56. The quantitative estimate of drug-likeness (QED) is 0.850. The number of hydrogen-bond acceptors (Lipinski definition) is 3. The van der Waals surface area contributed by atoms with Crippen molar-refractivity contribution in [3.8, 4) is 0 Å². The van der Waals surface area contributed by atoms with E-state index in [9.17, 15) is 14.0 Å². The molecule has 0 unspecified atom stereocenters. The third-order valence-corrected chi connectivity index (χ3v) is 3.90. The van der Waals surface area contributed by atoms with E-state index in [1.54, 1.807) is 4.90 Å². The molecule has 0 bridgehead atoms. The summed E-state index contributed by atoms with van der Waals surface area (Å²) >= 11 is 5.94. The second-order valence-electron chi connectivity index (χ2n) is 5.06. The van der Waals surface area contributed by atoms with Crippen molar-refractivity contribution in [3.63, 3.8) is 0 Å². The molecule has 2 amide bonds. The van der Waals surface area contributed by atoms with Crippen molar-refractivity contribution in [1.29, 1.82) is 0 Å². The van der Waals surface area contributed by atoms with Crippen LogP contribution in [0.4, 0.5) is 4.39 Å². The van der Waals surface area contributed by atoms with Crippen LogP contribution in [0.5, 0.6) is 0 Å². The summed E-state index contributed by atoms with van der Waals surface area (Å²) in [6, 6.07) is 4.16. The summed E-state index contributed by atoms with van der Waals surface area (Å²) in [6.07, 6.45) is 0.632. The number of amides is 2. The highest BCUT2D eigenvalue weighted by Gasteiger charge is 2.25. The molecule has 1 aliphatic rings. The fourth-order valence-electron chi connectivity index (χ4n) is 2.44. The van der Waals surface area contributed by atoms with Gasteiger partial charge in [0.25, 0.3) is 5.91 Å². The number of hydrogen-bond donors (Lipinski definition) is 0. The van der Waals surface area contributed by atoms with Gasteiger partial charge in [0.15, 0.2) is 0 Å². The van der Waals surface area contributed by atoms with Crippen LogP contribution >= 0.6 is 11.6 Å². The number of halogens is 2. The third-order valence-electron chi connectivity index (χ3n) is 3.58. The lowest BCUT2D eigenvalue weighted by Crippen LogP contribution is -2.39. The highest BCUT2D eigenvalue weighted by atomic mass is 35.5. The van der Waals surface area contributed by atoms with Crippen molar-refractivity contribution in [1.82, 2.24) is 9.80 Å². The molecule has 1 aromatic carbocycles. The molecule has 1 saturated heterocycles. The smallest absolute Gasteiger partial charge is 0.258 e. The standard InChI is InChI=1S/C15H18ClFN2O3/c1-22-10-13(20)18-6-3-7-19(9-8-18)15(21)14-11(16)4-2-5-12(14)17/h2,4-5H,3,6-10H2,1H3. The molecule has 0 radical (unpaired) electrons. The molecule has 0 saturated carbocycles. The summed E-state index contributed by atoms with van der Waals surface area (Å²) in [4.78, 5) is 27.5. The third kappa shape index (κ3) is 3.75. The molecule has 22 heavy (non-hydrogen) atoms. The summed E-state index contributed by atoms with van der Waals surface area (Å²) < 4.78 is 18.7. The summed E-state index contributed by atoms with van der Waals surface area (Å²) in [6.45, 7) is 1.78. The van der Waals surface area contributed by atoms with Gasteiger partial charge in [0.2, 0.25) is 5.91 Å². The van der Waals surface area contributed by atoms with Gasteiger partial charge in [0.05, 0.1) is 10.6 Å². The second-order valence-corrected chi connectivity index (χ2v) is 5.46. The predicted molar refractivity (Wildman–Crippen MR) is 80.4 cm³/mol. The molecule has 1 heterocycles. The Bertz CT molecular complexity index is 547. The maximum absolute atomic E-state index is 13.8. The number of nitrogens with zero attached hydrogens (tertiary/aromatic N) is 2. The van der Waals surface area contributed by atoms with Gasteiger partial charge in [0, 0.05) is 33.3 Å². The van der Waals surface area contributed by atoms with Gasteiger partial charge in [0.1, 0.15) is 12.4 Å². The number of benzene rings is 1. The van der Waals surface area contributed by atoms with Gasteiger partial charge in [-0.25, -0.2) is 4.39 Å². The number of carbonyl (C=O) groups is 2. The predicted octanol–water partition coefficient (Wildman–Crippen LogP) is 1.80. The van der Waals surface area contributed by atoms with E-state index in [0.29, 0.717) is 32.6 Å². The minimum atomic E-state index is -0.630. The Kier molecular flexibility index (Phi) is 5.74. The van der Waals surface area contributed by atoms with Crippen molar-refractivity contribution in [2.75, 3.05) is 39.9 Å². The largest absolute Gasteiger partial charge is 0.375 e. The summed E-state index contributed by atoms with van der Waals surface area (Å²) in [5, 5.41) is 0.0987. The average molecular weight is 329 g/mol. The van der Waals surface area contributed by atoms with Crippen molar-refractivity contribution in [2.24, 2.45) is 0 Å². The van der Waals surface area contributed by atoms with Gasteiger partial charge in [-0.1, -0.05) is 17.7 Å². The maximum Gasteiger partial charge on any atom is 0.258 e. The molecule has 1 aliphatic heterocycles. The Balaban J connectivity index is 2.08. The number of carbonyl (C=O) groups excluding carboxylic acids is 2. The number of ether oxygens (including phenoxy) is 1. The Morgan fingerprint density at radius 3 is 2.59 bits per heavy atom. The highest BCUT2D eigenvalue weighted by molar-refractivity contribution is 6.33. The molecule has 2 rings (SSSR count). The van der Waals surface area contributed by atoms with Gasteiger partial charge in [-0.15, -0.1) is 0 Å². The zero-order valence-corrected chi connectivity index (χ0v) is 13.1. The van der Waals surface area contributed by atoms with Crippen LogP contribution in [-0.2, 0) is 9.53 Å². The molecule has 120 valence electrons. The molecule has 0 aromatic heterocycles. The van der Waals surface area contributed by atoms with Crippen molar-refractivity contribution >= 4 is 23.4 Å². The summed E-state index contributed by atoms with van der Waals surface area (Å²) in [5.74, 6) is -1.18. The van der Waals surface area contributed by atoms with E-state index in [-0.39, 0.29) is 23.1 Å². The summed E-state index contributed by atoms with van der Waals surface area (Å²) in [7, 11) is 1.46. The molecule has 1 aromatic rings. The molecular weight excluding hydrogens is 311 g/mol. The molecule has 7 heteroatoms. The van der Waals surface area contributed by atoms with Gasteiger partial charge in [-0.3, -0.25) is 9.59 Å². The van der Waals surface area contributed by atoms with E-state index in [2.05, 4.69) is 0 Å². The van der Waals surface area contributed by atoms with Crippen molar-refractivity contribution < 1.29 is 18.7 Å². The average Bonchev–Trinajstić information content (AvgIpc) is 2.73. The Morgan fingerprint density at radius 1 is 1.23 bits per heavy atom. The van der Waals surface area contributed by atoms with E-state index in [0.717, 1.165) is 0 Å². The van der Waals surface area contributed by atoms with Gasteiger partial charge >= 0.3 is 0 Å². The van der Waals surface area contributed by atoms with Crippen LogP contribution in [0, 0.1) is 5.82 Å². The lowest BCUT2D eigenvalue weighted by Gasteiger charge is -2.22. The molecule has 5 nitrogen and oxygen atoms in total. The maximum atomic E-state index is 13.8. The Labute approximate surface area is 133 Å². The van der Waals surface area contributed by atoms with E-state index < -0.39 is 11.7 Å². The SMILES string of the molecule is COCC(=O)N1CCCN(C(=O)c2c(F)cccc2Cl)CC1. The first-order valence-electron chi connectivity index (χ1n) is 7.04. The van der Waals surface area contributed by atoms with Crippen LogP contribution in [0.1, 0.15) is 16.8 Å². The first-order valence-corrected chi connectivity index (χ1v) is 7.42. The molecule has 0 N–H and O–H groups in total. The molecule has 0 aliphatic carbocycles. The zero-order valence-electron chi connectivity index (χ0n) is 12.3. The first-order chi connectivity index (χ1) is 10.5. The van der Waals surface area contributed by atoms with Crippen LogP contribution in [0.2, 0.25) is 5.02 Å². The fraction of sp³-hybridized carbons (Fsp3) is 0.467. The minimum Gasteiger partial charge on any atom is -0.375 e. The normalized spacial score (nSPS) is 15.6. The van der Waals surface area contributed by atoms with Gasteiger partial charge < -0.3 is 14.5 Å². The topological polar surface area (TPSA) is 49.9 Å². The monoisotopic (exact) mass is 328 g/mol. The Morgan fingerprint density at radius 2 is 1.91 bits per heavy atom. The van der Waals surface area contributed by atoms with Crippen LogP contribution in [0.15, 0.2) is 18.2 Å². The minimum absolute atomic E-state index is 0.0209. The van der Waals surface area contributed by atoms with Crippen LogP contribution < -0.4 is 0 Å². The van der Waals surface area contributed by atoms with Crippen LogP contribution in [0.25, 0.3) is 0 Å². The van der Waals surface area contributed by atoms with Crippen LogP contribution in [0.3, 0.4) is 0 Å². The van der Waals surface area contributed by atoms with Crippen molar-refractivity contribution in [3.05, 3.63) is 34.6 Å². The van der Waals surface area contributed by atoms with E-state index in [4.69, 9.17) is 16.3 Å². The first kappa shape index (κ1) is 16.7. The molecule has 0 spiro atoms. The van der Waals surface area contributed by atoms with Gasteiger partial charge in [-0.2, -0.15) is 0 Å². The lowest BCUT2D eigenvalue weighted by molar-refractivity contribution is -0.135. The van der Waals surface area contributed by atoms with E-state index in [1.807, 2.05) is 0 Å². The van der Waals surface area contributed by atoms with E-state index in [1.165, 1.54) is 30.2 Å². The number of methoxy groups -OCH3 is 1. The zero-order chi connectivity index (χ0) is 16.1. The lowest BCUT2D eigenvalue weighted by atomic mass is 10.1. The fourth-order valence-corrected chi connectivity index (χ4v) is 2.69. The molecule has 0 atom stereocenters. The molecule has 1 fully saturated rings. The van der Waals surface area contributed by atoms with Crippen molar-refractivity contribution in [2.45, 2.75) is 6.42 Å². The number of rotatable bonds is 3. The van der Waals surface area contributed by atoms with Gasteiger partial charge in [-0.05, 0) is 18.6 Å². The summed E-state index contributed by atoms with van der Waals surface area (Å²) in [5.41, 5.74) is -0.110. The highest BCUT2D eigenvalue weighted by Crippen LogP contribution is 2.21. The Hall–Kier alpha value is -1.66. The molecular formula is C15H18ClFN2O3. The van der Waals surface area contributed by atoms with Crippen LogP contribution in [-0.4, -0.2) is 61.5 Å².